The van der Waals surface area contributed by atoms with Crippen LogP contribution in [0.5, 0.6) is 11.5 Å². The molecule has 0 saturated heterocycles. The van der Waals surface area contributed by atoms with Gasteiger partial charge in [-0.25, -0.2) is 0 Å². The molecule has 3 aromatic rings. The van der Waals surface area contributed by atoms with Crippen LogP contribution >= 0.6 is 15.9 Å². The lowest BCUT2D eigenvalue weighted by atomic mass is 10.0. The van der Waals surface area contributed by atoms with Crippen LogP contribution in [-0.4, -0.2) is 23.2 Å². The van der Waals surface area contributed by atoms with Gasteiger partial charge in [0.25, 0.3) is 0 Å². The Morgan fingerprint density at radius 3 is 2.59 bits per heavy atom. The normalized spacial score (nSPS) is 13.0. The molecule has 3 rings (SSSR count). The van der Waals surface area contributed by atoms with Gasteiger partial charge in [-0.3, -0.25) is 4.98 Å². The first-order valence-corrected chi connectivity index (χ1v) is 10.2. The summed E-state index contributed by atoms with van der Waals surface area (Å²) >= 11 is 3.59. The Labute approximate surface area is 179 Å². The number of aliphatic hydroxyl groups is 1. The predicted molar refractivity (Wildman–Crippen MR) is 117 cm³/mol. The molecule has 1 aromatic heterocycles. The fourth-order valence-corrected chi connectivity index (χ4v) is 3.59. The van der Waals surface area contributed by atoms with Gasteiger partial charge in [-0.15, -0.1) is 0 Å². The van der Waals surface area contributed by atoms with E-state index < -0.39 is 6.10 Å². The molecule has 0 aliphatic rings. The highest BCUT2D eigenvalue weighted by atomic mass is 79.9. The Kier molecular flexibility index (Phi) is 7.63. The molecule has 0 bridgehead atoms. The quantitative estimate of drug-likeness (QED) is 0.490. The lowest BCUT2D eigenvalue weighted by Gasteiger charge is -2.21. The molecule has 0 unspecified atom stereocenters. The number of hydrogen-bond acceptors (Lipinski definition) is 5. The summed E-state index contributed by atoms with van der Waals surface area (Å²) in [5, 5.41) is 13.9. The highest BCUT2D eigenvalue weighted by molar-refractivity contribution is 9.10. The van der Waals surface area contributed by atoms with Crippen molar-refractivity contribution in [1.82, 2.24) is 10.3 Å². The predicted octanol–water partition coefficient (Wildman–Crippen LogP) is 4.64. The number of nitrogens with zero attached hydrogens (tertiary/aromatic N) is 1. The summed E-state index contributed by atoms with van der Waals surface area (Å²) in [6.45, 7) is 2.96. The molecule has 2 aromatic carbocycles. The number of aromatic nitrogens is 1. The minimum absolute atomic E-state index is 0.108. The van der Waals surface area contributed by atoms with E-state index in [1.807, 2.05) is 61.5 Å². The number of rotatable bonds is 9. The van der Waals surface area contributed by atoms with Crippen molar-refractivity contribution in [2.75, 3.05) is 7.11 Å². The summed E-state index contributed by atoms with van der Waals surface area (Å²) < 4.78 is 12.3. The van der Waals surface area contributed by atoms with Crippen LogP contribution in [0.15, 0.2) is 71.5 Å². The van der Waals surface area contributed by atoms with Gasteiger partial charge in [-0.05, 0) is 52.2 Å². The SMILES string of the molecule is COc1cc(CN[C@@H](C)[C@@H](O)c2ccccc2)cc(Br)c1OCc1cccnc1. The summed E-state index contributed by atoms with van der Waals surface area (Å²) in [7, 11) is 1.62. The second kappa shape index (κ2) is 10.4. The van der Waals surface area contributed by atoms with Gasteiger partial charge < -0.3 is 19.9 Å². The summed E-state index contributed by atoms with van der Waals surface area (Å²) in [5.41, 5.74) is 2.90. The average Bonchev–Trinajstić information content (AvgIpc) is 2.77. The Bertz CT molecular complexity index is 907. The minimum atomic E-state index is -0.580. The largest absolute Gasteiger partial charge is 0.493 e. The van der Waals surface area contributed by atoms with Crippen LogP contribution in [0, 0.1) is 0 Å². The van der Waals surface area contributed by atoms with Crippen molar-refractivity contribution >= 4 is 15.9 Å². The zero-order valence-electron chi connectivity index (χ0n) is 16.5. The third-order valence-electron chi connectivity index (χ3n) is 4.64. The molecule has 6 heteroatoms. The van der Waals surface area contributed by atoms with Gasteiger partial charge in [0.15, 0.2) is 11.5 Å². The molecule has 0 amide bonds. The molecule has 0 saturated carbocycles. The van der Waals surface area contributed by atoms with E-state index in [0.29, 0.717) is 24.7 Å². The Morgan fingerprint density at radius 1 is 1.10 bits per heavy atom. The third-order valence-corrected chi connectivity index (χ3v) is 5.23. The van der Waals surface area contributed by atoms with Crippen LogP contribution in [-0.2, 0) is 13.2 Å². The second-order valence-electron chi connectivity index (χ2n) is 6.78. The number of methoxy groups -OCH3 is 1. The molecule has 29 heavy (non-hydrogen) atoms. The van der Waals surface area contributed by atoms with E-state index in [2.05, 4.69) is 26.2 Å². The molecule has 2 atom stereocenters. The summed E-state index contributed by atoms with van der Waals surface area (Å²) in [5.74, 6) is 1.30. The van der Waals surface area contributed by atoms with Crippen LogP contribution in [0.3, 0.4) is 0 Å². The number of halogens is 1. The van der Waals surface area contributed by atoms with Crippen LogP contribution in [0.25, 0.3) is 0 Å². The molecule has 0 spiro atoms. The molecule has 1 heterocycles. The maximum absolute atomic E-state index is 10.5. The first kappa shape index (κ1) is 21.3. The van der Waals surface area contributed by atoms with Gasteiger partial charge >= 0.3 is 0 Å². The van der Waals surface area contributed by atoms with Crippen molar-refractivity contribution in [2.45, 2.75) is 32.2 Å². The van der Waals surface area contributed by atoms with E-state index in [-0.39, 0.29) is 6.04 Å². The molecular weight excluding hydrogens is 432 g/mol. The third kappa shape index (κ3) is 5.79. The van der Waals surface area contributed by atoms with Crippen LogP contribution in [0.2, 0.25) is 0 Å². The van der Waals surface area contributed by atoms with E-state index in [4.69, 9.17) is 9.47 Å². The maximum Gasteiger partial charge on any atom is 0.175 e. The Balaban J connectivity index is 1.65. The van der Waals surface area contributed by atoms with E-state index in [1.54, 1.807) is 19.5 Å². The summed E-state index contributed by atoms with van der Waals surface area (Å²) in [6.07, 6.45) is 2.93. The van der Waals surface area contributed by atoms with Crippen LogP contribution < -0.4 is 14.8 Å². The highest BCUT2D eigenvalue weighted by Gasteiger charge is 2.17. The lowest BCUT2D eigenvalue weighted by molar-refractivity contribution is 0.135. The molecule has 152 valence electrons. The van der Waals surface area contributed by atoms with Crippen molar-refractivity contribution < 1.29 is 14.6 Å². The average molecular weight is 457 g/mol. The minimum Gasteiger partial charge on any atom is -0.493 e. The van der Waals surface area contributed by atoms with Crippen LogP contribution in [0.4, 0.5) is 0 Å². The fraction of sp³-hybridized carbons (Fsp3) is 0.261. The summed E-state index contributed by atoms with van der Waals surface area (Å²) in [6, 6.07) is 17.3. The summed E-state index contributed by atoms with van der Waals surface area (Å²) in [4.78, 5) is 4.10. The zero-order valence-corrected chi connectivity index (χ0v) is 18.1. The number of pyridine rings is 1. The van der Waals surface area contributed by atoms with Gasteiger partial charge in [-0.1, -0.05) is 36.4 Å². The van der Waals surface area contributed by atoms with E-state index in [1.165, 1.54) is 0 Å². The highest BCUT2D eigenvalue weighted by Crippen LogP contribution is 2.37. The molecule has 0 radical (unpaired) electrons. The first-order valence-electron chi connectivity index (χ1n) is 9.43. The smallest absolute Gasteiger partial charge is 0.175 e. The van der Waals surface area contributed by atoms with Gasteiger partial charge in [0.05, 0.1) is 17.7 Å². The van der Waals surface area contributed by atoms with Gasteiger partial charge in [0.1, 0.15) is 6.61 Å². The van der Waals surface area contributed by atoms with E-state index in [0.717, 1.165) is 21.2 Å². The molecule has 2 N–H and O–H groups in total. The Morgan fingerprint density at radius 2 is 1.90 bits per heavy atom. The standard InChI is InChI=1S/C23H25BrN2O3/c1-16(22(27)19-8-4-3-5-9-19)26-14-18-11-20(24)23(21(12-18)28-2)29-15-17-7-6-10-25-13-17/h3-13,16,22,26-27H,14-15H2,1-2H3/t16-,22+/m0/s1. The number of hydrogen-bond donors (Lipinski definition) is 2. The Hall–Kier alpha value is -2.41. The van der Waals surface area contributed by atoms with Crippen molar-refractivity contribution in [3.8, 4) is 11.5 Å². The molecular formula is C23H25BrN2O3. The van der Waals surface area contributed by atoms with Gasteiger partial charge in [0, 0.05) is 30.5 Å². The van der Waals surface area contributed by atoms with Gasteiger partial charge in [0.2, 0.25) is 0 Å². The monoisotopic (exact) mass is 456 g/mol. The number of nitrogens with one attached hydrogen (secondary N) is 1. The van der Waals surface area contributed by atoms with Crippen molar-refractivity contribution in [2.24, 2.45) is 0 Å². The van der Waals surface area contributed by atoms with E-state index >= 15 is 0 Å². The van der Waals surface area contributed by atoms with Gasteiger partial charge in [-0.2, -0.15) is 0 Å². The molecule has 0 aliphatic heterocycles. The van der Waals surface area contributed by atoms with E-state index in [9.17, 15) is 5.11 Å². The zero-order chi connectivity index (χ0) is 20.6. The van der Waals surface area contributed by atoms with Crippen molar-refractivity contribution in [1.29, 1.82) is 0 Å². The number of ether oxygens (including phenoxy) is 2. The van der Waals surface area contributed by atoms with Crippen molar-refractivity contribution in [3.05, 3.63) is 88.2 Å². The molecule has 0 fully saturated rings. The maximum atomic E-state index is 10.5. The first-order chi connectivity index (χ1) is 14.1. The topological polar surface area (TPSA) is 63.6 Å². The number of benzene rings is 2. The van der Waals surface area contributed by atoms with Crippen molar-refractivity contribution in [3.63, 3.8) is 0 Å². The lowest BCUT2D eigenvalue weighted by Crippen LogP contribution is -2.31. The second-order valence-corrected chi connectivity index (χ2v) is 7.64. The molecule has 0 aliphatic carbocycles. The fourth-order valence-electron chi connectivity index (χ4n) is 2.98. The van der Waals surface area contributed by atoms with Crippen LogP contribution in [0.1, 0.15) is 29.7 Å². The molecule has 5 nitrogen and oxygen atoms in total. The number of aliphatic hydroxyl groups excluding tert-OH is 1.